The number of methoxy groups -OCH3 is 1. The zero-order chi connectivity index (χ0) is 20.5. The number of hydrogen-bond donors (Lipinski definition) is 1. The Labute approximate surface area is 166 Å². The molecular formula is C21H19FN4O3. The average molecular weight is 394 g/mol. The summed E-state index contributed by atoms with van der Waals surface area (Å²) in [4.78, 5) is 16.8. The molecule has 0 aliphatic carbocycles. The zero-order valence-electron chi connectivity index (χ0n) is 15.9. The van der Waals surface area contributed by atoms with E-state index in [1.807, 2.05) is 24.3 Å². The van der Waals surface area contributed by atoms with E-state index in [9.17, 15) is 14.5 Å². The first-order chi connectivity index (χ1) is 14.0. The molecule has 1 unspecified atom stereocenters. The Morgan fingerprint density at radius 3 is 2.83 bits per heavy atom. The number of nitrogens with one attached hydrogen (secondary N) is 1. The van der Waals surface area contributed by atoms with Gasteiger partial charge in [0.25, 0.3) is 0 Å². The number of anilines is 3. The molecule has 148 valence electrons. The Morgan fingerprint density at radius 2 is 2.07 bits per heavy atom. The summed E-state index contributed by atoms with van der Waals surface area (Å²) in [5, 5.41) is 14.1. The van der Waals surface area contributed by atoms with Gasteiger partial charge in [0.2, 0.25) is 5.82 Å². The van der Waals surface area contributed by atoms with Crippen LogP contribution in [0.1, 0.15) is 17.0 Å². The third kappa shape index (κ3) is 3.44. The van der Waals surface area contributed by atoms with Crippen LogP contribution in [0.15, 0.2) is 54.7 Å². The fourth-order valence-electron chi connectivity index (χ4n) is 3.71. The van der Waals surface area contributed by atoms with Crippen molar-refractivity contribution in [3.05, 3.63) is 81.8 Å². The Kier molecular flexibility index (Phi) is 4.75. The molecule has 0 spiro atoms. The van der Waals surface area contributed by atoms with Crippen molar-refractivity contribution in [3.63, 3.8) is 0 Å². The second-order valence-corrected chi connectivity index (χ2v) is 6.85. The first-order valence-corrected chi connectivity index (χ1v) is 9.03. The van der Waals surface area contributed by atoms with Crippen LogP contribution in [0, 0.1) is 15.9 Å². The molecule has 1 aliphatic rings. The molecule has 3 aromatic rings. The summed E-state index contributed by atoms with van der Waals surface area (Å²) in [6.07, 6.45) is 1.68. The van der Waals surface area contributed by atoms with E-state index >= 15 is 0 Å². The molecule has 4 rings (SSSR count). The highest BCUT2D eigenvalue weighted by atomic mass is 19.1. The van der Waals surface area contributed by atoms with Gasteiger partial charge in [0.1, 0.15) is 11.6 Å². The minimum absolute atomic E-state index is 0.159. The van der Waals surface area contributed by atoms with Crippen LogP contribution in [0.5, 0.6) is 5.75 Å². The molecule has 0 saturated heterocycles. The van der Waals surface area contributed by atoms with Crippen molar-refractivity contribution in [1.29, 1.82) is 0 Å². The maximum absolute atomic E-state index is 13.9. The molecule has 0 bridgehead atoms. The number of nitrogens with zero attached hydrogens (tertiary/aromatic N) is 3. The summed E-state index contributed by atoms with van der Waals surface area (Å²) < 4.78 is 19.0. The SMILES string of the molecule is COc1cc(F)c([N+](=O)[O-])cc1Nc1cc(C2CN(C)c3ccccc32)ccn1. The van der Waals surface area contributed by atoms with Gasteiger partial charge in [-0.05, 0) is 29.3 Å². The van der Waals surface area contributed by atoms with Gasteiger partial charge < -0.3 is 15.0 Å². The van der Waals surface area contributed by atoms with E-state index < -0.39 is 16.4 Å². The molecule has 0 saturated carbocycles. The molecule has 29 heavy (non-hydrogen) atoms. The fraction of sp³-hybridized carbons (Fsp3) is 0.190. The molecule has 8 heteroatoms. The van der Waals surface area contributed by atoms with Crippen molar-refractivity contribution >= 4 is 22.9 Å². The van der Waals surface area contributed by atoms with Gasteiger partial charge in [-0.3, -0.25) is 10.1 Å². The minimum Gasteiger partial charge on any atom is -0.494 e. The standard InChI is InChI=1S/C21H19FN4O3/c1-25-12-15(14-5-3-4-6-18(14)25)13-7-8-23-21(9-13)24-17-11-19(26(27)28)16(22)10-20(17)29-2/h3-11,15H,12H2,1-2H3,(H,23,24). The normalized spacial score (nSPS) is 15.1. The number of nitro benzene ring substituents is 1. The summed E-state index contributed by atoms with van der Waals surface area (Å²) >= 11 is 0. The van der Waals surface area contributed by atoms with E-state index in [0.29, 0.717) is 5.82 Å². The third-order valence-corrected chi connectivity index (χ3v) is 5.09. The van der Waals surface area contributed by atoms with Crippen molar-refractivity contribution in [2.75, 3.05) is 30.9 Å². The third-order valence-electron chi connectivity index (χ3n) is 5.09. The molecule has 1 aromatic heterocycles. The average Bonchev–Trinajstić information content (AvgIpc) is 3.06. The smallest absolute Gasteiger partial charge is 0.307 e. The molecular weight excluding hydrogens is 375 g/mol. The Morgan fingerprint density at radius 1 is 1.28 bits per heavy atom. The van der Waals surface area contributed by atoms with Crippen LogP contribution in [-0.2, 0) is 0 Å². The van der Waals surface area contributed by atoms with Crippen molar-refractivity contribution < 1.29 is 14.1 Å². The molecule has 1 aliphatic heterocycles. The highest BCUT2D eigenvalue weighted by Crippen LogP contribution is 2.40. The van der Waals surface area contributed by atoms with Crippen LogP contribution < -0.4 is 15.0 Å². The van der Waals surface area contributed by atoms with Crippen LogP contribution in [0.3, 0.4) is 0 Å². The lowest BCUT2D eigenvalue weighted by molar-refractivity contribution is -0.387. The van der Waals surface area contributed by atoms with E-state index in [2.05, 4.69) is 34.4 Å². The predicted octanol–water partition coefficient (Wildman–Crippen LogP) is 4.46. The van der Waals surface area contributed by atoms with Gasteiger partial charge in [0.15, 0.2) is 0 Å². The topological polar surface area (TPSA) is 80.5 Å². The molecule has 0 amide bonds. The maximum atomic E-state index is 13.9. The number of aromatic nitrogens is 1. The summed E-state index contributed by atoms with van der Waals surface area (Å²) in [6.45, 7) is 0.841. The summed E-state index contributed by atoms with van der Waals surface area (Å²) in [5.41, 5.74) is 3.14. The van der Waals surface area contributed by atoms with Crippen LogP contribution in [0.25, 0.3) is 0 Å². The van der Waals surface area contributed by atoms with Gasteiger partial charge in [0, 0.05) is 43.5 Å². The predicted molar refractivity (Wildman–Crippen MR) is 109 cm³/mol. The van der Waals surface area contributed by atoms with Crippen molar-refractivity contribution in [2.45, 2.75) is 5.92 Å². The summed E-state index contributed by atoms with van der Waals surface area (Å²) in [6, 6.07) is 14.2. The number of para-hydroxylation sites is 1. The quantitative estimate of drug-likeness (QED) is 0.508. The lowest BCUT2D eigenvalue weighted by Gasteiger charge is -2.15. The second-order valence-electron chi connectivity index (χ2n) is 6.85. The van der Waals surface area contributed by atoms with E-state index in [1.165, 1.54) is 18.4 Å². The summed E-state index contributed by atoms with van der Waals surface area (Å²) in [5.74, 6) is -0.117. The lowest BCUT2D eigenvalue weighted by atomic mass is 9.94. The van der Waals surface area contributed by atoms with Crippen molar-refractivity contribution in [2.24, 2.45) is 0 Å². The number of pyridine rings is 1. The summed E-state index contributed by atoms with van der Waals surface area (Å²) in [7, 11) is 3.43. The molecule has 2 aromatic carbocycles. The van der Waals surface area contributed by atoms with E-state index in [-0.39, 0.29) is 17.4 Å². The minimum atomic E-state index is -0.954. The number of nitro groups is 1. The van der Waals surface area contributed by atoms with Gasteiger partial charge in [-0.25, -0.2) is 4.98 Å². The Balaban J connectivity index is 1.68. The van der Waals surface area contributed by atoms with Gasteiger partial charge >= 0.3 is 5.69 Å². The molecule has 1 atom stereocenters. The largest absolute Gasteiger partial charge is 0.494 e. The van der Waals surface area contributed by atoms with Crippen LogP contribution in [0.2, 0.25) is 0 Å². The van der Waals surface area contributed by atoms with Crippen molar-refractivity contribution in [1.82, 2.24) is 4.98 Å². The van der Waals surface area contributed by atoms with Gasteiger partial charge in [0.05, 0.1) is 17.7 Å². The van der Waals surface area contributed by atoms with Crippen LogP contribution >= 0.6 is 0 Å². The number of likely N-dealkylation sites (N-methyl/N-ethyl adjacent to an activating group) is 1. The van der Waals surface area contributed by atoms with E-state index in [1.54, 1.807) is 6.20 Å². The Bertz CT molecular complexity index is 1090. The van der Waals surface area contributed by atoms with Gasteiger partial charge in [-0.15, -0.1) is 0 Å². The molecule has 7 nitrogen and oxygen atoms in total. The lowest BCUT2D eigenvalue weighted by Crippen LogP contribution is -2.16. The maximum Gasteiger partial charge on any atom is 0.307 e. The number of rotatable bonds is 5. The van der Waals surface area contributed by atoms with Crippen LogP contribution in [-0.4, -0.2) is 30.6 Å². The number of hydrogen-bond acceptors (Lipinski definition) is 6. The second kappa shape index (κ2) is 7.38. The first-order valence-electron chi connectivity index (χ1n) is 9.03. The van der Waals surface area contributed by atoms with Gasteiger partial charge in [-0.1, -0.05) is 18.2 Å². The number of halogens is 1. The fourth-order valence-corrected chi connectivity index (χ4v) is 3.71. The van der Waals surface area contributed by atoms with Gasteiger partial charge in [-0.2, -0.15) is 4.39 Å². The number of benzene rings is 2. The molecule has 0 fully saturated rings. The van der Waals surface area contributed by atoms with Crippen molar-refractivity contribution in [3.8, 4) is 5.75 Å². The van der Waals surface area contributed by atoms with Crippen LogP contribution in [0.4, 0.5) is 27.3 Å². The number of ether oxygens (including phenoxy) is 1. The molecule has 2 heterocycles. The van der Waals surface area contributed by atoms with E-state index in [4.69, 9.17) is 4.74 Å². The highest BCUT2D eigenvalue weighted by molar-refractivity contribution is 5.69. The van der Waals surface area contributed by atoms with E-state index in [0.717, 1.165) is 24.2 Å². The molecule has 1 N–H and O–H groups in total. The monoisotopic (exact) mass is 394 g/mol. The zero-order valence-corrected chi connectivity index (χ0v) is 15.9. The highest BCUT2D eigenvalue weighted by Gasteiger charge is 2.27. The first kappa shape index (κ1) is 18.7. The Hall–Kier alpha value is -3.68. The number of fused-ring (bicyclic) bond motifs is 1. The molecule has 0 radical (unpaired) electrons.